The van der Waals surface area contributed by atoms with Gasteiger partial charge in [-0.25, -0.2) is 0 Å². The van der Waals surface area contributed by atoms with Crippen molar-refractivity contribution < 1.29 is 0 Å². The Morgan fingerprint density at radius 3 is 2.19 bits per heavy atom. The maximum absolute atomic E-state index is 4.33. The van der Waals surface area contributed by atoms with Gasteiger partial charge in [0.15, 0.2) is 4.34 Å². The fraction of sp³-hybridized carbons (Fsp3) is 0.364. The first-order valence-corrected chi connectivity index (χ1v) is 10.9. The summed E-state index contributed by atoms with van der Waals surface area (Å²) in [5.74, 6) is 0.918. The highest BCUT2D eigenvalue weighted by atomic mass is 32.2. The van der Waals surface area contributed by atoms with Crippen molar-refractivity contribution in [2.24, 2.45) is 0 Å². The molecule has 3 nitrogen and oxygen atoms in total. The number of hydrogen-bond donors (Lipinski definition) is 1. The van der Waals surface area contributed by atoms with Crippen LogP contribution in [0.25, 0.3) is 0 Å². The van der Waals surface area contributed by atoms with Gasteiger partial charge in [-0.05, 0) is 60.6 Å². The van der Waals surface area contributed by atoms with Crippen LogP contribution in [0.1, 0.15) is 48.6 Å². The lowest BCUT2D eigenvalue weighted by Crippen LogP contribution is -2.12. The first-order valence-electron chi connectivity index (χ1n) is 9.13. The maximum Gasteiger partial charge on any atom is 0.210 e. The second-order valence-electron chi connectivity index (χ2n) is 7.99. The van der Waals surface area contributed by atoms with Crippen molar-refractivity contribution in [1.82, 2.24) is 10.2 Å². The molecule has 0 unspecified atom stereocenters. The van der Waals surface area contributed by atoms with Crippen molar-refractivity contribution in [2.75, 3.05) is 5.32 Å². The molecule has 0 aliphatic heterocycles. The summed E-state index contributed by atoms with van der Waals surface area (Å²) in [6, 6.07) is 13.0. The molecule has 1 heterocycles. The molecule has 0 saturated heterocycles. The molecule has 0 saturated carbocycles. The van der Waals surface area contributed by atoms with Gasteiger partial charge in [-0.1, -0.05) is 73.7 Å². The predicted molar refractivity (Wildman–Crippen MR) is 119 cm³/mol. The van der Waals surface area contributed by atoms with Crippen LogP contribution in [-0.2, 0) is 11.2 Å². The van der Waals surface area contributed by atoms with E-state index in [4.69, 9.17) is 0 Å². The van der Waals surface area contributed by atoms with Crippen LogP contribution >= 0.6 is 23.1 Å². The Kier molecular flexibility index (Phi) is 5.92. The molecule has 0 amide bonds. The van der Waals surface area contributed by atoms with Crippen molar-refractivity contribution >= 4 is 33.9 Å². The molecule has 2 aromatic carbocycles. The summed E-state index contributed by atoms with van der Waals surface area (Å²) in [7, 11) is 0. The minimum absolute atomic E-state index is 0.178. The average Bonchev–Trinajstić information content (AvgIpc) is 3.02. The standard InChI is InChI=1S/C22H27N3S2/c1-14-7-9-18(10-8-14)23-20-24-25-21(27-20)26-13-19-15(2)11-17(12-16(19)3)22(4,5)6/h7-12H,13H2,1-6H3,(H,23,24). The van der Waals surface area contributed by atoms with E-state index in [2.05, 4.69) is 93.5 Å². The molecule has 0 fully saturated rings. The van der Waals surface area contributed by atoms with Crippen LogP contribution in [-0.4, -0.2) is 10.2 Å². The third-order valence-corrected chi connectivity index (χ3v) is 6.61. The van der Waals surface area contributed by atoms with E-state index in [0.717, 1.165) is 20.9 Å². The van der Waals surface area contributed by atoms with E-state index in [0.29, 0.717) is 0 Å². The van der Waals surface area contributed by atoms with Crippen molar-refractivity contribution in [2.45, 2.75) is 57.0 Å². The van der Waals surface area contributed by atoms with Crippen LogP contribution in [0.3, 0.4) is 0 Å². The zero-order chi connectivity index (χ0) is 19.6. The van der Waals surface area contributed by atoms with Gasteiger partial charge in [0.1, 0.15) is 0 Å². The molecule has 5 heteroatoms. The van der Waals surface area contributed by atoms with E-state index in [1.165, 1.54) is 27.8 Å². The van der Waals surface area contributed by atoms with Crippen LogP contribution in [0, 0.1) is 20.8 Å². The Morgan fingerprint density at radius 2 is 1.59 bits per heavy atom. The lowest BCUT2D eigenvalue weighted by atomic mass is 9.84. The molecule has 0 spiro atoms. The Labute approximate surface area is 170 Å². The van der Waals surface area contributed by atoms with Crippen molar-refractivity contribution in [3.8, 4) is 0 Å². The zero-order valence-electron chi connectivity index (χ0n) is 16.9. The van der Waals surface area contributed by atoms with Gasteiger partial charge in [-0.15, -0.1) is 10.2 Å². The topological polar surface area (TPSA) is 37.8 Å². The summed E-state index contributed by atoms with van der Waals surface area (Å²) >= 11 is 3.35. The Bertz CT molecular complexity index is 898. The summed E-state index contributed by atoms with van der Waals surface area (Å²) in [5.41, 5.74) is 7.97. The molecule has 0 aliphatic rings. The van der Waals surface area contributed by atoms with Crippen molar-refractivity contribution in [1.29, 1.82) is 0 Å². The van der Waals surface area contributed by atoms with Crippen LogP contribution in [0.2, 0.25) is 0 Å². The molecule has 3 aromatic rings. The maximum atomic E-state index is 4.33. The monoisotopic (exact) mass is 397 g/mol. The van der Waals surface area contributed by atoms with Gasteiger partial charge in [0.2, 0.25) is 5.13 Å². The minimum atomic E-state index is 0.178. The minimum Gasteiger partial charge on any atom is -0.330 e. The number of anilines is 2. The van der Waals surface area contributed by atoms with Gasteiger partial charge in [-0.3, -0.25) is 0 Å². The number of rotatable bonds is 5. The molecule has 0 atom stereocenters. The zero-order valence-corrected chi connectivity index (χ0v) is 18.5. The van der Waals surface area contributed by atoms with Gasteiger partial charge >= 0.3 is 0 Å². The van der Waals surface area contributed by atoms with Crippen molar-refractivity contribution in [3.05, 3.63) is 64.2 Å². The number of benzene rings is 2. The lowest BCUT2D eigenvalue weighted by molar-refractivity contribution is 0.589. The Balaban J connectivity index is 1.67. The second kappa shape index (κ2) is 8.03. The molecule has 1 aromatic heterocycles. The summed E-state index contributed by atoms with van der Waals surface area (Å²) in [4.78, 5) is 0. The highest BCUT2D eigenvalue weighted by molar-refractivity contribution is 8.00. The van der Waals surface area contributed by atoms with Crippen molar-refractivity contribution in [3.63, 3.8) is 0 Å². The third-order valence-electron chi connectivity index (χ3n) is 4.61. The van der Waals surface area contributed by atoms with Gasteiger partial charge in [0, 0.05) is 11.4 Å². The SMILES string of the molecule is Cc1ccc(Nc2nnc(SCc3c(C)cc(C(C)(C)C)cc3C)s2)cc1. The van der Waals surface area contributed by atoms with E-state index in [-0.39, 0.29) is 5.41 Å². The number of aromatic nitrogens is 2. The number of hydrogen-bond acceptors (Lipinski definition) is 5. The first kappa shape index (κ1) is 19.9. The largest absolute Gasteiger partial charge is 0.330 e. The summed E-state index contributed by atoms with van der Waals surface area (Å²) in [5, 5.41) is 12.8. The van der Waals surface area contributed by atoms with E-state index in [9.17, 15) is 0 Å². The third kappa shape index (κ3) is 5.11. The molecular weight excluding hydrogens is 370 g/mol. The Morgan fingerprint density at radius 1 is 0.963 bits per heavy atom. The molecular formula is C22H27N3S2. The summed E-state index contributed by atoms with van der Waals surface area (Å²) in [6.07, 6.45) is 0. The van der Waals surface area contributed by atoms with Crippen LogP contribution in [0.5, 0.6) is 0 Å². The highest BCUT2D eigenvalue weighted by Crippen LogP contribution is 2.33. The van der Waals surface area contributed by atoms with Crippen LogP contribution in [0.15, 0.2) is 40.7 Å². The van der Waals surface area contributed by atoms with E-state index < -0.39 is 0 Å². The van der Waals surface area contributed by atoms with E-state index in [1.54, 1.807) is 23.1 Å². The normalized spacial score (nSPS) is 11.6. The molecule has 0 aliphatic carbocycles. The van der Waals surface area contributed by atoms with Crippen LogP contribution in [0.4, 0.5) is 10.8 Å². The first-order chi connectivity index (χ1) is 12.7. The van der Waals surface area contributed by atoms with E-state index >= 15 is 0 Å². The smallest absolute Gasteiger partial charge is 0.210 e. The highest BCUT2D eigenvalue weighted by Gasteiger charge is 2.16. The summed E-state index contributed by atoms with van der Waals surface area (Å²) in [6.45, 7) is 13.3. The average molecular weight is 398 g/mol. The van der Waals surface area contributed by atoms with Gasteiger partial charge in [-0.2, -0.15) is 0 Å². The van der Waals surface area contributed by atoms with Gasteiger partial charge in [0.05, 0.1) is 0 Å². The van der Waals surface area contributed by atoms with Crippen LogP contribution < -0.4 is 5.32 Å². The molecule has 3 rings (SSSR count). The molecule has 142 valence electrons. The second-order valence-corrected chi connectivity index (χ2v) is 10.2. The molecule has 0 radical (unpaired) electrons. The Hall–Kier alpha value is -1.85. The summed E-state index contributed by atoms with van der Waals surface area (Å²) < 4.78 is 0.989. The van der Waals surface area contributed by atoms with E-state index in [1.807, 2.05) is 0 Å². The quantitative estimate of drug-likeness (QED) is 0.481. The van der Waals surface area contributed by atoms with Gasteiger partial charge in [0.25, 0.3) is 0 Å². The lowest BCUT2D eigenvalue weighted by Gasteiger charge is -2.22. The number of nitrogens with zero attached hydrogens (tertiary/aromatic N) is 2. The fourth-order valence-corrected chi connectivity index (χ4v) is 4.84. The number of aryl methyl sites for hydroxylation is 3. The molecule has 27 heavy (non-hydrogen) atoms. The number of nitrogens with one attached hydrogen (secondary N) is 1. The molecule has 1 N–H and O–H groups in total. The number of thioether (sulfide) groups is 1. The van der Waals surface area contributed by atoms with Gasteiger partial charge < -0.3 is 5.32 Å². The fourth-order valence-electron chi connectivity index (χ4n) is 2.87. The predicted octanol–water partition coefficient (Wildman–Crippen LogP) is 6.80. The molecule has 0 bridgehead atoms.